The van der Waals surface area contributed by atoms with E-state index in [4.69, 9.17) is 0 Å². The van der Waals surface area contributed by atoms with E-state index in [2.05, 4.69) is 34.6 Å². The number of anilines is 1. The molecule has 0 bridgehead atoms. The van der Waals surface area contributed by atoms with Crippen LogP contribution in [0.15, 0.2) is 108 Å². The van der Waals surface area contributed by atoms with E-state index in [0.717, 1.165) is 23.4 Å². The Morgan fingerprint density at radius 1 is 0.750 bits per heavy atom. The summed E-state index contributed by atoms with van der Waals surface area (Å²) in [6.07, 6.45) is 4.78. The fourth-order valence-corrected chi connectivity index (χ4v) is 2.35. The van der Waals surface area contributed by atoms with Crippen molar-refractivity contribution in [3.63, 3.8) is 0 Å². The molecule has 0 unspecified atom stereocenters. The van der Waals surface area contributed by atoms with Crippen LogP contribution in [0.1, 0.15) is 5.56 Å². The van der Waals surface area contributed by atoms with Crippen LogP contribution in [-0.2, 0) is 6.42 Å². The number of nitrogens with one attached hydrogen (secondary N) is 1. The second-order valence-electron chi connectivity index (χ2n) is 5.49. The molecule has 118 valence electrons. The Bertz CT molecular complexity index is 791. The zero-order chi connectivity index (χ0) is 16.5. The number of allylic oxidation sites excluding steroid dienone is 1. The molecule has 1 N–H and O–H groups in total. The third kappa shape index (κ3) is 4.96. The lowest BCUT2D eigenvalue weighted by molar-refractivity contribution is 1.22. The van der Waals surface area contributed by atoms with Crippen molar-refractivity contribution < 1.29 is 0 Å². The van der Waals surface area contributed by atoms with Crippen LogP contribution in [0.25, 0.3) is 0 Å². The standard InChI is InChI=1S/C22H20N2/c1-4-10-19(11-5-1)16-20(17-23-21-12-6-2-7-13-21)18-24-22-14-8-3-9-15-22/h1-15,17-18,23H,16H2/b20-17-,24-18+. The molecule has 0 saturated carbocycles. The Hall–Kier alpha value is -3.13. The van der Waals surface area contributed by atoms with E-state index in [9.17, 15) is 0 Å². The van der Waals surface area contributed by atoms with Crippen molar-refractivity contribution in [3.05, 3.63) is 108 Å². The highest BCUT2D eigenvalue weighted by atomic mass is 14.8. The van der Waals surface area contributed by atoms with Crippen molar-refractivity contribution in [2.24, 2.45) is 4.99 Å². The summed E-state index contributed by atoms with van der Waals surface area (Å²) in [7, 11) is 0. The monoisotopic (exact) mass is 312 g/mol. The molecular weight excluding hydrogens is 292 g/mol. The predicted molar refractivity (Wildman–Crippen MR) is 103 cm³/mol. The zero-order valence-electron chi connectivity index (χ0n) is 13.5. The lowest BCUT2D eigenvalue weighted by Gasteiger charge is -2.05. The molecule has 3 rings (SSSR count). The van der Waals surface area contributed by atoms with Gasteiger partial charge in [-0.1, -0.05) is 66.7 Å². The summed E-state index contributed by atoms with van der Waals surface area (Å²) in [5.41, 5.74) is 4.40. The van der Waals surface area contributed by atoms with Crippen molar-refractivity contribution >= 4 is 17.6 Å². The van der Waals surface area contributed by atoms with Gasteiger partial charge in [-0.15, -0.1) is 0 Å². The molecule has 0 radical (unpaired) electrons. The first kappa shape index (κ1) is 15.8. The first-order valence-electron chi connectivity index (χ1n) is 8.04. The Kier molecular flexibility index (Phi) is 5.57. The van der Waals surface area contributed by atoms with Crippen molar-refractivity contribution in [2.75, 3.05) is 5.32 Å². The van der Waals surface area contributed by atoms with E-state index >= 15 is 0 Å². The molecule has 0 fully saturated rings. The van der Waals surface area contributed by atoms with Gasteiger partial charge in [0.1, 0.15) is 0 Å². The van der Waals surface area contributed by atoms with Gasteiger partial charge in [-0.05, 0) is 35.4 Å². The molecule has 0 aliphatic rings. The summed E-state index contributed by atoms with van der Waals surface area (Å²) in [6.45, 7) is 0. The highest BCUT2D eigenvalue weighted by Gasteiger charge is 1.98. The van der Waals surface area contributed by atoms with E-state index in [1.165, 1.54) is 5.56 Å². The van der Waals surface area contributed by atoms with Gasteiger partial charge in [0.05, 0.1) is 5.69 Å². The SMILES string of the molecule is C(/Nc1ccccc1)=C(/C=N/c1ccccc1)Cc1ccccc1. The van der Waals surface area contributed by atoms with Crippen LogP contribution in [0.5, 0.6) is 0 Å². The summed E-state index contributed by atoms with van der Waals surface area (Å²) >= 11 is 0. The molecule has 0 aliphatic heterocycles. The van der Waals surface area contributed by atoms with Crippen molar-refractivity contribution in [3.8, 4) is 0 Å². The number of benzene rings is 3. The van der Waals surface area contributed by atoms with Crippen LogP contribution < -0.4 is 5.32 Å². The van der Waals surface area contributed by atoms with E-state index in [1.54, 1.807) is 0 Å². The van der Waals surface area contributed by atoms with Crippen LogP contribution in [0.4, 0.5) is 11.4 Å². The topological polar surface area (TPSA) is 24.4 Å². The van der Waals surface area contributed by atoms with E-state index in [0.29, 0.717) is 0 Å². The smallest absolute Gasteiger partial charge is 0.0629 e. The maximum atomic E-state index is 4.58. The second-order valence-corrected chi connectivity index (χ2v) is 5.49. The Morgan fingerprint density at radius 3 is 2.00 bits per heavy atom. The van der Waals surface area contributed by atoms with Crippen LogP contribution in [0.2, 0.25) is 0 Å². The molecule has 0 saturated heterocycles. The quantitative estimate of drug-likeness (QED) is 0.586. The maximum Gasteiger partial charge on any atom is 0.0629 e. The van der Waals surface area contributed by atoms with Crippen LogP contribution in [0.3, 0.4) is 0 Å². The lowest BCUT2D eigenvalue weighted by atomic mass is 10.1. The van der Waals surface area contributed by atoms with Gasteiger partial charge >= 0.3 is 0 Å². The van der Waals surface area contributed by atoms with E-state index < -0.39 is 0 Å². The molecular formula is C22H20N2. The number of para-hydroxylation sites is 2. The fourth-order valence-electron chi connectivity index (χ4n) is 2.35. The van der Waals surface area contributed by atoms with Crippen molar-refractivity contribution in [2.45, 2.75) is 6.42 Å². The first-order valence-corrected chi connectivity index (χ1v) is 8.04. The van der Waals surface area contributed by atoms with E-state index in [1.807, 2.05) is 79.1 Å². The summed E-state index contributed by atoms with van der Waals surface area (Å²) in [5.74, 6) is 0. The number of nitrogens with zero attached hydrogens (tertiary/aromatic N) is 1. The zero-order valence-corrected chi connectivity index (χ0v) is 13.5. The molecule has 0 spiro atoms. The number of hydrogen-bond acceptors (Lipinski definition) is 2. The number of hydrogen-bond donors (Lipinski definition) is 1. The molecule has 0 amide bonds. The normalized spacial score (nSPS) is 11.6. The summed E-state index contributed by atoms with van der Waals surface area (Å²) in [5, 5.41) is 3.35. The van der Waals surface area contributed by atoms with Gasteiger partial charge in [0, 0.05) is 24.5 Å². The minimum absolute atomic E-state index is 0.830. The molecule has 3 aromatic carbocycles. The summed E-state index contributed by atoms with van der Waals surface area (Å²) < 4.78 is 0. The molecule has 24 heavy (non-hydrogen) atoms. The van der Waals surface area contributed by atoms with Crippen LogP contribution in [-0.4, -0.2) is 6.21 Å². The summed E-state index contributed by atoms with van der Waals surface area (Å²) in [4.78, 5) is 4.58. The van der Waals surface area contributed by atoms with Gasteiger partial charge < -0.3 is 5.32 Å². The van der Waals surface area contributed by atoms with E-state index in [-0.39, 0.29) is 0 Å². The second kappa shape index (κ2) is 8.49. The maximum absolute atomic E-state index is 4.58. The highest BCUT2D eigenvalue weighted by Crippen LogP contribution is 2.13. The van der Waals surface area contributed by atoms with Crippen molar-refractivity contribution in [1.29, 1.82) is 0 Å². The molecule has 0 atom stereocenters. The molecule has 0 aliphatic carbocycles. The van der Waals surface area contributed by atoms with Gasteiger partial charge in [0.25, 0.3) is 0 Å². The largest absolute Gasteiger partial charge is 0.361 e. The summed E-state index contributed by atoms with van der Waals surface area (Å²) in [6, 6.07) is 30.6. The molecule has 2 heteroatoms. The average molecular weight is 312 g/mol. The molecule has 2 nitrogen and oxygen atoms in total. The highest BCUT2D eigenvalue weighted by molar-refractivity contribution is 5.82. The molecule has 0 aromatic heterocycles. The Labute approximate surface area is 143 Å². The van der Waals surface area contributed by atoms with Gasteiger partial charge in [0.2, 0.25) is 0 Å². The van der Waals surface area contributed by atoms with Gasteiger partial charge in [0.15, 0.2) is 0 Å². The number of aliphatic imine (C=N–C) groups is 1. The molecule has 3 aromatic rings. The minimum atomic E-state index is 0.830. The number of rotatable bonds is 6. The minimum Gasteiger partial charge on any atom is -0.361 e. The first-order chi connectivity index (χ1) is 11.9. The predicted octanol–water partition coefficient (Wildman–Crippen LogP) is 5.63. The van der Waals surface area contributed by atoms with Gasteiger partial charge in [-0.3, -0.25) is 4.99 Å². The van der Waals surface area contributed by atoms with Crippen molar-refractivity contribution in [1.82, 2.24) is 0 Å². The third-order valence-corrected chi connectivity index (χ3v) is 3.58. The third-order valence-electron chi connectivity index (χ3n) is 3.58. The van der Waals surface area contributed by atoms with Gasteiger partial charge in [-0.2, -0.15) is 0 Å². The van der Waals surface area contributed by atoms with Crippen LogP contribution in [0, 0.1) is 0 Å². The van der Waals surface area contributed by atoms with Gasteiger partial charge in [-0.25, -0.2) is 0 Å². The fraction of sp³-hybridized carbons (Fsp3) is 0.0455. The Morgan fingerprint density at radius 2 is 1.33 bits per heavy atom. The molecule has 0 heterocycles. The average Bonchev–Trinajstić information content (AvgIpc) is 2.66. The Balaban J connectivity index is 1.78. The van der Waals surface area contributed by atoms with Crippen LogP contribution >= 0.6 is 0 Å². The lowest BCUT2D eigenvalue weighted by Crippen LogP contribution is -1.97.